The first-order valence-corrected chi connectivity index (χ1v) is 8.00. The molecule has 0 saturated heterocycles. The Hall–Kier alpha value is -1.44. The van der Waals surface area contributed by atoms with E-state index in [1.165, 1.54) is 6.07 Å². The van der Waals surface area contributed by atoms with Crippen LogP contribution >= 0.6 is 0 Å². The summed E-state index contributed by atoms with van der Waals surface area (Å²) >= 11 is 0. The van der Waals surface area contributed by atoms with Crippen LogP contribution in [0.5, 0.6) is 0 Å². The molecule has 0 radical (unpaired) electrons. The van der Waals surface area contributed by atoms with E-state index in [4.69, 9.17) is 9.84 Å². The largest absolute Gasteiger partial charge is 0.478 e. The van der Waals surface area contributed by atoms with Gasteiger partial charge in [0.2, 0.25) is 10.0 Å². The summed E-state index contributed by atoms with van der Waals surface area (Å²) in [7, 11) is -2.20. The molecule has 0 amide bonds. The number of carboxylic acids is 1. The second-order valence-electron chi connectivity index (χ2n) is 5.15. The van der Waals surface area contributed by atoms with Crippen LogP contribution in [0.3, 0.4) is 0 Å². The van der Waals surface area contributed by atoms with Crippen molar-refractivity contribution in [2.75, 3.05) is 20.3 Å². The molecular formula is C14H21NO5S. The van der Waals surface area contributed by atoms with E-state index in [1.54, 1.807) is 27.0 Å². The van der Waals surface area contributed by atoms with Crippen LogP contribution in [-0.2, 0) is 14.8 Å². The predicted molar refractivity (Wildman–Crippen MR) is 79.1 cm³/mol. The van der Waals surface area contributed by atoms with Gasteiger partial charge in [0.05, 0.1) is 10.5 Å². The number of carboxylic acid groups (broad SMARTS) is 1. The topological polar surface area (TPSA) is 92.7 Å². The molecule has 0 heterocycles. The number of ether oxygens (including phenoxy) is 1. The van der Waals surface area contributed by atoms with Crippen molar-refractivity contribution >= 4 is 16.0 Å². The van der Waals surface area contributed by atoms with Crippen molar-refractivity contribution in [2.45, 2.75) is 25.7 Å². The first-order valence-electron chi connectivity index (χ1n) is 6.52. The number of sulfonamides is 1. The molecule has 1 aromatic carbocycles. The molecule has 0 saturated carbocycles. The van der Waals surface area contributed by atoms with Gasteiger partial charge in [-0.2, -0.15) is 0 Å². The average Bonchev–Trinajstić information content (AvgIpc) is 2.36. The summed E-state index contributed by atoms with van der Waals surface area (Å²) in [4.78, 5) is 11.1. The number of nitrogens with one attached hydrogen (secondary N) is 1. The third kappa shape index (κ3) is 4.52. The van der Waals surface area contributed by atoms with Gasteiger partial charge in [-0.1, -0.05) is 13.0 Å². The minimum atomic E-state index is -3.75. The van der Waals surface area contributed by atoms with Crippen molar-refractivity contribution in [3.63, 3.8) is 0 Å². The van der Waals surface area contributed by atoms with Crippen molar-refractivity contribution in [2.24, 2.45) is 5.92 Å². The number of carbonyl (C=O) groups is 1. The molecule has 0 aromatic heterocycles. The fraction of sp³-hybridized carbons (Fsp3) is 0.500. The molecule has 0 aliphatic rings. The first kappa shape index (κ1) is 17.6. The van der Waals surface area contributed by atoms with Gasteiger partial charge in [-0.05, 0) is 37.0 Å². The highest BCUT2D eigenvalue weighted by molar-refractivity contribution is 7.89. The normalized spacial score (nSPS) is 13.1. The number of aromatic carboxylic acids is 1. The fourth-order valence-electron chi connectivity index (χ4n) is 2.03. The summed E-state index contributed by atoms with van der Waals surface area (Å²) in [5, 5.41) is 9.10. The zero-order valence-corrected chi connectivity index (χ0v) is 13.5. The van der Waals surface area contributed by atoms with Gasteiger partial charge >= 0.3 is 5.97 Å². The van der Waals surface area contributed by atoms with E-state index in [0.717, 1.165) is 0 Å². The lowest BCUT2D eigenvalue weighted by molar-refractivity contribution is 0.0696. The second-order valence-corrected chi connectivity index (χ2v) is 6.89. The molecule has 1 aromatic rings. The zero-order chi connectivity index (χ0) is 16.2. The van der Waals surface area contributed by atoms with E-state index in [1.807, 2.05) is 6.92 Å². The van der Waals surface area contributed by atoms with Gasteiger partial charge in [0.25, 0.3) is 0 Å². The number of benzene rings is 1. The number of aryl methyl sites for hydroxylation is 2. The lowest BCUT2D eigenvalue weighted by Gasteiger charge is -2.14. The monoisotopic (exact) mass is 315 g/mol. The molecule has 0 aliphatic carbocycles. The Labute approximate surface area is 125 Å². The molecule has 1 unspecified atom stereocenters. The highest BCUT2D eigenvalue weighted by Crippen LogP contribution is 2.20. The van der Waals surface area contributed by atoms with Crippen LogP contribution in [0.15, 0.2) is 17.0 Å². The highest BCUT2D eigenvalue weighted by Gasteiger charge is 2.21. The van der Waals surface area contributed by atoms with Gasteiger partial charge in [-0.15, -0.1) is 0 Å². The summed E-state index contributed by atoms with van der Waals surface area (Å²) in [5.41, 5.74) is 1.04. The molecule has 118 valence electrons. The van der Waals surface area contributed by atoms with E-state index in [0.29, 0.717) is 17.7 Å². The Balaban J connectivity index is 3.08. The molecular weight excluding hydrogens is 294 g/mol. The Bertz CT molecular complexity index is 624. The van der Waals surface area contributed by atoms with E-state index >= 15 is 0 Å². The number of hydrogen-bond acceptors (Lipinski definition) is 4. The molecule has 1 rings (SSSR count). The Kier molecular flexibility index (Phi) is 5.88. The molecule has 0 aliphatic heterocycles. The van der Waals surface area contributed by atoms with Crippen molar-refractivity contribution in [1.82, 2.24) is 4.72 Å². The van der Waals surface area contributed by atoms with E-state index < -0.39 is 16.0 Å². The van der Waals surface area contributed by atoms with Crippen molar-refractivity contribution in [1.29, 1.82) is 0 Å². The molecule has 7 heteroatoms. The predicted octanol–water partition coefficient (Wildman–Crippen LogP) is 1.56. The molecule has 1 atom stereocenters. The van der Waals surface area contributed by atoms with Crippen LogP contribution in [0, 0.1) is 19.8 Å². The van der Waals surface area contributed by atoms with E-state index in [2.05, 4.69) is 4.72 Å². The smallest absolute Gasteiger partial charge is 0.335 e. The quantitative estimate of drug-likeness (QED) is 0.796. The SMILES string of the molecule is COCC(C)CNS(=O)(=O)c1cc(C(=O)O)c(C)cc1C. The molecule has 2 N–H and O–H groups in total. The van der Waals surface area contributed by atoms with E-state index in [9.17, 15) is 13.2 Å². The number of methoxy groups -OCH3 is 1. The summed E-state index contributed by atoms with van der Waals surface area (Å²) in [6, 6.07) is 2.77. The molecule has 0 spiro atoms. The van der Waals surface area contributed by atoms with Gasteiger partial charge in [-0.3, -0.25) is 0 Å². The van der Waals surface area contributed by atoms with Gasteiger partial charge in [-0.25, -0.2) is 17.9 Å². The number of hydrogen-bond donors (Lipinski definition) is 2. The lowest BCUT2D eigenvalue weighted by atomic mass is 10.1. The Morgan fingerprint density at radius 3 is 2.48 bits per heavy atom. The van der Waals surface area contributed by atoms with Crippen LogP contribution in [0.2, 0.25) is 0 Å². The minimum absolute atomic E-state index is 0.00452. The van der Waals surface area contributed by atoms with Crippen LogP contribution in [0.1, 0.15) is 28.4 Å². The summed E-state index contributed by atoms with van der Waals surface area (Å²) < 4.78 is 32.0. The summed E-state index contributed by atoms with van der Waals surface area (Å²) in [6.45, 7) is 5.81. The van der Waals surface area contributed by atoms with Crippen molar-refractivity contribution in [3.05, 3.63) is 28.8 Å². The van der Waals surface area contributed by atoms with Crippen molar-refractivity contribution in [3.8, 4) is 0 Å². The van der Waals surface area contributed by atoms with Crippen molar-refractivity contribution < 1.29 is 23.1 Å². The summed E-state index contributed by atoms with van der Waals surface area (Å²) in [6.07, 6.45) is 0. The van der Waals surface area contributed by atoms with Crippen LogP contribution in [0.4, 0.5) is 0 Å². The third-order valence-electron chi connectivity index (χ3n) is 3.11. The van der Waals surface area contributed by atoms with Gasteiger partial charge in [0, 0.05) is 20.3 Å². The van der Waals surface area contributed by atoms with Crippen LogP contribution < -0.4 is 4.72 Å². The standard InChI is InChI=1S/C14H21NO5S/c1-9(8-20-4)7-15-21(18,19)13-6-12(14(16)17)10(2)5-11(13)3/h5-6,9,15H,7-8H2,1-4H3,(H,16,17). The lowest BCUT2D eigenvalue weighted by Crippen LogP contribution is -2.30. The average molecular weight is 315 g/mol. The number of rotatable bonds is 7. The third-order valence-corrected chi connectivity index (χ3v) is 4.68. The van der Waals surface area contributed by atoms with Gasteiger partial charge in [0.1, 0.15) is 0 Å². The molecule has 21 heavy (non-hydrogen) atoms. The fourth-order valence-corrected chi connectivity index (χ4v) is 3.44. The van der Waals surface area contributed by atoms with Gasteiger partial charge < -0.3 is 9.84 Å². The maximum atomic E-state index is 12.3. The highest BCUT2D eigenvalue weighted by atomic mass is 32.2. The molecule has 0 bridgehead atoms. The minimum Gasteiger partial charge on any atom is -0.478 e. The summed E-state index contributed by atoms with van der Waals surface area (Å²) in [5.74, 6) is -1.12. The maximum Gasteiger partial charge on any atom is 0.335 e. The Morgan fingerprint density at radius 2 is 1.95 bits per heavy atom. The van der Waals surface area contributed by atoms with Crippen LogP contribution in [0.25, 0.3) is 0 Å². The molecule has 6 nitrogen and oxygen atoms in total. The maximum absolute atomic E-state index is 12.3. The molecule has 0 fully saturated rings. The van der Waals surface area contributed by atoms with E-state index in [-0.39, 0.29) is 22.9 Å². The first-order chi connectivity index (χ1) is 9.69. The zero-order valence-electron chi connectivity index (χ0n) is 12.6. The Morgan fingerprint density at radius 1 is 1.33 bits per heavy atom. The second kappa shape index (κ2) is 7.02. The van der Waals surface area contributed by atoms with Gasteiger partial charge in [0.15, 0.2) is 0 Å². The van der Waals surface area contributed by atoms with Crippen LogP contribution in [-0.4, -0.2) is 39.8 Å².